The Morgan fingerprint density at radius 2 is 0.859 bits per heavy atom. The topological polar surface area (TPSA) is 365 Å². The van der Waals surface area contributed by atoms with Crippen molar-refractivity contribution >= 4 is 86.4 Å². The van der Waals surface area contributed by atoms with Crippen LogP contribution in [0.15, 0.2) is 96.8 Å². The second-order valence-electron chi connectivity index (χ2n) is 21.4. The number of hydrogen-bond acceptors (Lipinski definition) is 22. The number of aromatic nitrogens is 7. The molecule has 0 saturated carbocycles. The highest BCUT2D eigenvalue weighted by molar-refractivity contribution is 6.05. The Balaban J connectivity index is 1.63. The lowest BCUT2D eigenvalue weighted by Crippen LogP contribution is -2.26. The lowest BCUT2D eigenvalue weighted by molar-refractivity contribution is 0.0998. The number of nitrogens with two attached hydrogens (primary N) is 3. The molecule has 6 aromatic rings. The number of ketones is 6. The standard InChI is InChI=1S/C54H62N18O6/c1-25(73)31-16-19-37(34(22-31)28(4)76)63-66-40(43(55)52(7,8)9)46(56)59-49-60-50(71-47(57)41(44(69-71)53(10,11)12)67-64-38-20-17-32(26(2)74)23-35(38)29(5)77)62-51(61-49)72-48(58)42(45(70-72)54(13,14)15)68-65-39-21-18-33(27(3)75)24-36(39)30(6)78/h16-24,55H,56-58H2,1-15H3,(H,59,60,61,62)/b46-40+,55-43?,66-63?,67-64?,68-65?. The Morgan fingerprint density at radius 3 is 1.17 bits per heavy atom. The van der Waals surface area contributed by atoms with E-state index in [2.05, 4.69) is 46.0 Å². The van der Waals surface area contributed by atoms with Crippen LogP contribution in [0, 0.1) is 10.8 Å². The van der Waals surface area contributed by atoms with Crippen LogP contribution in [-0.2, 0) is 10.8 Å². The van der Waals surface area contributed by atoms with Crippen molar-refractivity contribution in [2.75, 3.05) is 16.8 Å². The molecule has 0 atom stereocenters. The van der Waals surface area contributed by atoms with E-state index in [1.165, 1.54) is 106 Å². The summed E-state index contributed by atoms with van der Waals surface area (Å²) in [7, 11) is 0. The molecule has 78 heavy (non-hydrogen) atoms. The lowest BCUT2D eigenvalue weighted by atomic mass is 9.88. The van der Waals surface area contributed by atoms with Gasteiger partial charge in [0.25, 0.3) is 11.9 Å². The number of carbonyl (C=O) groups is 6. The maximum Gasteiger partial charge on any atom is 0.259 e. The maximum absolute atomic E-state index is 12.8. The molecule has 0 aliphatic heterocycles. The van der Waals surface area contributed by atoms with E-state index in [0.717, 1.165) is 0 Å². The average Bonchev–Trinajstić information content (AvgIpc) is 3.93. The van der Waals surface area contributed by atoms with Crippen LogP contribution in [0.4, 0.5) is 46.0 Å². The van der Waals surface area contributed by atoms with Crippen molar-refractivity contribution < 1.29 is 28.8 Å². The second-order valence-corrected chi connectivity index (χ2v) is 21.4. The van der Waals surface area contributed by atoms with Gasteiger partial charge in [0.2, 0.25) is 5.95 Å². The van der Waals surface area contributed by atoms with Crippen molar-refractivity contribution in [2.45, 2.75) is 115 Å². The summed E-state index contributed by atoms with van der Waals surface area (Å²) in [5.41, 5.74) is 20.6. The highest BCUT2D eigenvalue weighted by Crippen LogP contribution is 2.40. The fourth-order valence-electron chi connectivity index (χ4n) is 7.42. The van der Waals surface area contributed by atoms with Crippen LogP contribution in [0.25, 0.3) is 11.9 Å². The van der Waals surface area contributed by atoms with Crippen LogP contribution >= 0.6 is 0 Å². The zero-order valence-corrected chi connectivity index (χ0v) is 46.2. The molecule has 0 aliphatic carbocycles. The number of benzene rings is 3. The Labute approximate surface area is 449 Å². The van der Waals surface area contributed by atoms with Crippen LogP contribution in [0.1, 0.15) is 177 Å². The van der Waals surface area contributed by atoms with Gasteiger partial charge in [0, 0.05) is 49.6 Å². The number of allylic oxidation sites excluding steroid dienone is 1. The second kappa shape index (κ2) is 22.0. The highest BCUT2D eigenvalue weighted by Gasteiger charge is 2.32. The number of azo groups is 3. The molecule has 3 aromatic carbocycles. The predicted octanol–water partition coefficient (Wildman–Crippen LogP) is 11.4. The Morgan fingerprint density at radius 1 is 0.513 bits per heavy atom. The first-order valence-corrected chi connectivity index (χ1v) is 24.3. The number of hydrogen-bond donors (Lipinski definition) is 5. The van der Waals surface area contributed by atoms with Crippen molar-refractivity contribution in [3.63, 3.8) is 0 Å². The van der Waals surface area contributed by atoms with Gasteiger partial charge >= 0.3 is 0 Å². The largest absolute Gasteiger partial charge is 0.383 e. The summed E-state index contributed by atoms with van der Waals surface area (Å²) in [6.07, 6.45) is 0. The van der Waals surface area contributed by atoms with E-state index in [4.69, 9.17) is 32.4 Å². The molecule has 24 nitrogen and oxygen atoms in total. The summed E-state index contributed by atoms with van der Waals surface area (Å²) in [6, 6.07) is 13.3. The quantitative estimate of drug-likeness (QED) is 0.0322. The summed E-state index contributed by atoms with van der Waals surface area (Å²) in [6.45, 7) is 24.6. The minimum Gasteiger partial charge on any atom is -0.383 e. The van der Waals surface area contributed by atoms with Crippen LogP contribution in [0.5, 0.6) is 0 Å². The zero-order chi connectivity index (χ0) is 58.1. The van der Waals surface area contributed by atoms with Gasteiger partial charge < -0.3 is 27.9 Å². The molecule has 0 aliphatic rings. The molecule has 0 spiro atoms. The van der Waals surface area contributed by atoms with Crippen LogP contribution in [0.3, 0.4) is 0 Å². The van der Waals surface area contributed by atoms with E-state index in [1.54, 1.807) is 20.8 Å². The highest BCUT2D eigenvalue weighted by atomic mass is 16.1. The molecule has 404 valence electrons. The van der Waals surface area contributed by atoms with Crippen LogP contribution < -0.4 is 22.5 Å². The molecule has 0 radical (unpaired) electrons. The van der Waals surface area contributed by atoms with Crippen molar-refractivity contribution in [2.24, 2.45) is 41.8 Å². The molecular weight excluding hydrogens is 997 g/mol. The predicted molar refractivity (Wildman–Crippen MR) is 295 cm³/mol. The summed E-state index contributed by atoms with van der Waals surface area (Å²) >= 11 is 0. The fourth-order valence-corrected chi connectivity index (χ4v) is 7.42. The van der Waals surface area contributed by atoms with E-state index >= 15 is 0 Å². The molecule has 3 heterocycles. The molecule has 0 unspecified atom stereocenters. The SMILES string of the molecule is CC(=O)c1ccc(N=N/C(C(=N)C(C)(C)C)=C(\N)Nc2nc(-n3nc(C(C)(C)C)c(N=Nc4ccc(C(C)=O)cc4C(C)=O)c3N)nc(-n3nc(C(C)(C)C)c(N=Nc4ccc(C(C)=O)cc4C(C)=O)c3N)n2)c(C(C)=O)c1. The normalized spacial score (nSPS) is 12.6. The number of rotatable bonds is 17. The van der Waals surface area contributed by atoms with Crippen molar-refractivity contribution in [3.8, 4) is 11.9 Å². The first-order chi connectivity index (χ1) is 36.2. The summed E-state index contributed by atoms with van der Waals surface area (Å²) in [5.74, 6) is -3.13. The van der Waals surface area contributed by atoms with Gasteiger partial charge in [-0.15, -0.1) is 30.7 Å². The van der Waals surface area contributed by atoms with Gasteiger partial charge in [0.1, 0.15) is 11.5 Å². The Kier molecular flexibility index (Phi) is 16.3. The van der Waals surface area contributed by atoms with Gasteiger partial charge in [-0.2, -0.15) is 34.5 Å². The number of carbonyl (C=O) groups excluding carboxylic acids is 6. The minimum atomic E-state index is -0.880. The summed E-state index contributed by atoms with van der Waals surface area (Å²) < 4.78 is 2.36. The maximum atomic E-state index is 12.8. The van der Waals surface area contributed by atoms with Gasteiger partial charge in [-0.3, -0.25) is 28.8 Å². The molecule has 3 aromatic heterocycles. The number of Topliss-reactive ketones (excluding diaryl/α,β-unsaturated/α-hetero) is 6. The van der Waals surface area contributed by atoms with Gasteiger partial charge in [0.05, 0.1) is 34.2 Å². The first-order valence-electron chi connectivity index (χ1n) is 24.3. The zero-order valence-electron chi connectivity index (χ0n) is 46.2. The molecule has 8 N–H and O–H groups in total. The monoisotopic (exact) mass is 1060 g/mol. The van der Waals surface area contributed by atoms with Gasteiger partial charge in [0.15, 0.2) is 57.7 Å². The van der Waals surface area contributed by atoms with Crippen molar-refractivity contribution in [1.29, 1.82) is 5.41 Å². The van der Waals surface area contributed by atoms with E-state index in [9.17, 15) is 34.2 Å². The fraction of sp³-hybridized carbons (Fsp3) is 0.333. The summed E-state index contributed by atoms with van der Waals surface area (Å²) in [4.78, 5) is 89.1. The number of anilines is 3. The lowest BCUT2D eigenvalue weighted by Gasteiger charge is -2.21. The van der Waals surface area contributed by atoms with Crippen molar-refractivity contribution in [3.05, 3.63) is 111 Å². The third-order valence-electron chi connectivity index (χ3n) is 11.8. The van der Waals surface area contributed by atoms with E-state index < -0.39 is 16.2 Å². The molecule has 0 bridgehead atoms. The third-order valence-corrected chi connectivity index (χ3v) is 11.8. The van der Waals surface area contributed by atoms with E-state index in [-0.39, 0.29) is 132 Å². The molecular formula is C54H62N18O6. The first kappa shape index (κ1) is 57.8. The molecule has 6 rings (SSSR count). The van der Waals surface area contributed by atoms with Crippen LogP contribution in [-0.4, -0.2) is 74.9 Å². The molecule has 24 heteroatoms. The number of nitrogens with zero attached hydrogens (tertiary/aromatic N) is 13. The van der Waals surface area contributed by atoms with E-state index in [0.29, 0.717) is 22.5 Å². The number of nitrogens with one attached hydrogen (secondary N) is 2. The minimum absolute atomic E-state index is 0.0868. The number of nitrogen functional groups attached to an aromatic ring is 2. The third kappa shape index (κ3) is 12.6. The molecule has 0 saturated heterocycles. The molecule has 0 fully saturated rings. The van der Waals surface area contributed by atoms with Gasteiger partial charge in [-0.1, -0.05) is 62.3 Å². The Hall–Kier alpha value is -9.48. The van der Waals surface area contributed by atoms with Crippen molar-refractivity contribution in [1.82, 2.24) is 34.5 Å². The smallest absolute Gasteiger partial charge is 0.259 e. The van der Waals surface area contributed by atoms with Gasteiger partial charge in [-0.05, 0) is 96.1 Å². The summed E-state index contributed by atoms with van der Waals surface area (Å²) in [5, 5.41) is 48.4. The molecule has 0 amide bonds. The van der Waals surface area contributed by atoms with Gasteiger partial charge in [-0.25, -0.2) is 0 Å². The van der Waals surface area contributed by atoms with E-state index in [1.807, 2.05) is 41.5 Å². The Bertz CT molecular complexity index is 3470. The van der Waals surface area contributed by atoms with Crippen LogP contribution in [0.2, 0.25) is 0 Å². The average molecular weight is 1060 g/mol.